The second-order valence-electron chi connectivity index (χ2n) is 13.1. The summed E-state index contributed by atoms with van der Waals surface area (Å²) in [6, 6.07) is -1.41. The highest BCUT2D eigenvalue weighted by molar-refractivity contribution is 5.95. The lowest BCUT2D eigenvalue weighted by Crippen LogP contribution is -2.66. The Bertz CT molecular complexity index is 1130. The van der Waals surface area contributed by atoms with Gasteiger partial charge in [0.25, 0.3) is 0 Å². The minimum Gasteiger partial charge on any atom is -0.376 e. The van der Waals surface area contributed by atoms with Gasteiger partial charge < -0.3 is 25.6 Å². The van der Waals surface area contributed by atoms with Crippen LogP contribution in [-0.2, 0) is 23.9 Å². The van der Waals surface area contributed by atoms with Gasteiger partial charge in [-0.25, -0.2) is 0 Å². The fourth-order valence-electron chi connectivity index (χ4n) is 6.81. The fourth-order valence-corrected chi connectivity index (χ4v) is 6.81. The second-order valence-corrected chi connectivity index (χ2v) is 13.1. The molecular weight excluding hydrogens is 543 g/mol. The van der Waals surface area contributed by atoms with Crippen LogP contribution >= 0.6 is 0 Å². The van der Waals surface area contributed by atoms with E-state index in [1.165, 1.54) is 25.9 Å². The van der Waals surface area contributed by atoms with Crippen molar-refractivity contribution >= 4 is 23.6 Å². The Morgan fingerprint density at radius 2 is 1.85 bits per heavy atom. The third-order valence-corrected chi connectivity index (χ3v) is 10.1. The average Bonchev–Trinajstić information content (AvgIpc) is 3.19. The number of methoxy groups -OCH3 is 1. The first-order valence-electron chi connectivity index (χ1n) is 14.2. The zero-order valence-corrected chi connectivity index (χ0v) is 24.2. The molecule has 13 heteroatoms. The standard InChI is InChI=1S/C28H40F3N5O5/c1-25(2)17-14-36(19(18(17)25)22(38)34-16(13-32)12-15-8-6-11-33-21(15)37)23(39)20(26(3,4)41-5)35-24(40)27(9-7-10-27)28(29,30)31/h15-20H,6-12,14H2,1-5H3,(H,33,37)(H,34,38)(H,35,40)/t15-,16-,17-,18-,19-,20+/m0/s1. The number of piperidine rings is 2. The molecule has 2 aliphatic carbocycles. The summed E-state index contributed by atoms with van der Waals surface area (Å²) in [5.74, 6) is -3.43. The topological polar surface area (TPSA) is 141 Å². The van der Waals surface area contributed by atoms with Crippen LogP contribution in [0, 0.1) is 39.9 Å². The van der Waals surface area contributed by atoms with Crippen LogP contribution in [0.4, 0.5) is 13.2 Å². The van der Waals surface area contributed by atoms with Crippen LogP contribution in [0.2, 0.25) is 0 Å². The number of hydrogen-bond acceptors (Lipinski definition) is 6. The van der Waals surface area contributed by atoms with Crippen molar-refractivity contribution in [2.45, 2.75) is 96.1 Å². The first-order chi connectivity index (χ1) is 19.0. The summed E-state index contributed by atoms with van der Waals surface area (Å²) in [5, 5.41) is 17.6. The van der Waals surface area contributed by atoms with Gasteiger partial charge in [0.05, 0.1) is 11.7 Å². The molecule has 2 heterocycles. The van der Waals surface area contributed by atoms with Crippen LogP contribution < -0.4 is 16.0 Å². The summed E-state index contributed by atoms with van der Waals surface area (Å²) >= 11 is 0. The Morgan fingerprint density at radius 3 is 2.37 bits per heavy atom. The van der Waals surface area contributed by atoms with Gasteiger partial charge in [0.1, 0.15) is 23.5 Å². The van der Waals surface area contributed by atoms with E-state index >= 15 is 0 Å². The normalized spacial score (nSPS) is 29.6. The number of carbonyl (C=O) groups is 4. The van der Waals surface area contributed by atoms with Crippen LogP contribution in [0.5, 0.6) is 0 Å². The quantitative estimate of drug-likeness (QED) is 0.380. The van der Waals surface area contributed by atoms with E-state index < -0.39 is 59.0 Å². The first-order valence-corrected chi connectivity index (χ1v) is 14.2. The molecule has 0 aromatic rings. The van der Waals surface area contributed by atoms with Gasteiger partial charge in [-0.05, 0) is 63.2 Å². The van der Waals surface area contributed by atoms with E-state index in [2.05, 4.69) is 16.0 Å². The Balaban J connectivity index is 1.56. The molecule has 0 aromatic carbocycles. The van der Waals surface area contributed by atoms with Gasteiger partial charge in [-0.3, -0.25) is 19.2 Å². The summed E-state index contributed by atoms with van der Waals surface area (Å²) in [4.78, 5) is 54.3. The number of nitrogens with one attached hydrogen (secondary N) is 3. The molecule has 0 unspecified atom stereocenters. The van der Waals surface area contributed by atoms with Crippen molar-refractivity contribution in [2.24, 2.45) is 28.6 Å². The monoisotopic (exact) mass is 583 g/mol. The number of halogens is 3. The number of fused-ring (bicyclic) bond motifs is 1. The van der Waals surface area contributed by atoms with Crippen molar-refractivity contribution in [3.05, 3.63) is 0 Å². The highest BCUT2D eigenvalue weighted by atomic mass is 19.4. The highest BCUT2D eigenvalue weighted by Gasteiger charge is 2.70. The lowest BCUT2D eigenvalue weighted by molar-refractivity contribution is -0.244. The van der Waals surface area contributed by atoms with E-state index in [1.54, 1.807) is 0 Å². The fraction of sp³-hybridized carbons (Fsp3) is 0.821. The maximum Gasteiger partial charge on any atom is 0.403 e. The molecule has 0 spiro atoms. The van der Waals surface area contributed by atoms with E-state index in [0.717, 1.165) is 6.42 Å². The van der Waals surface area contributed by atoms with Crippen LogP contribution in [0.15, 0.2) is 0 Å². The summed E-state index contributed by atoms with van der Waals surface area (Å²) < 4.78 is 47.2. The van der Waals surface area contributed by atoms with Crippen molar-refractivity contribution in [2.75, 3.05) is 20.2 Å². The molecule has 0 bridgehead atoms. The van der Waals surface area contributed by atoms with Crippen LogP contribution in [0.3, 0.4) is 0 Å². The summed E-state index contributed by atoms with van der Waals surface area (Å²) in [7, 11) is 1.29. The third kappa shape index (κ3) is 5.40. The molecule has 4 fully saturated rings. The predicted molar refractivity (Wildman–Crippen MR) is 140 cm³/mol. The molecule has 2 aliphatic heterocycles. The number of nitrogens with zero attached hydrogens (tertiary/aromatic N) is 2. The average molecular weight is 584 g/mol. The predicted octanol–water partition coefficient (Wildman–Crippen LogP) is 2.04. The number of alkyl halides is 3. The molecule has 0 radical (unpaired) electrons. The maximum atomic E-state index is 14.0. The van der Waals surface area contributed by atoms with Crippen molar-refractivity contribution in [1.82, 2.24) is 20.9 Å². The van der Waals surface area contributed by atoms with Crippen molar-refractivity contribution in [1.29, 1.82) is 5.26 Å². The molecule has 41 heavy (non-hydrogen) atoms. The van der Waals surface area contributed by atoms with E-state index in [0.29, 0.717) is 13.0 Å². The largest absolute Gasteiger partial charge is 0.403 e. The molecule has 228 valence electrons. The van der Waals surface area contributed by atoms with Crippen molar-refractivity contribution in [3.8, 4) is 6.07 Å². The number of rotatable bonds is 9. The third-order valence-electron chi connectivity index (χ3n) is 10.1. The molecule has 4 rings (SSSR count). The molecule has 4 aliphatic rings. The van der Waals surface area contributed by atoms with Gasteiger partial charge in [0.15, 0.2) is 0 Å². The Kier molecular flexibility index (Phi) is 8.14. The van der Waals surface area contributed by atoms with Gasteiger partial charge >= 0.3 is 6.18 Å². The zero-order valence-electron chi connectivity index (χ0n) is 24.2. The Morgan fingerprint density at radius 1 is 1.20 bits per heavy atom. The van der Waals surface area contributed by atoms with Crippen LogP contribution in [-0.4, -0.2) is 78.6 Å². The molecule has 2 saturated heterocycles. The molecule has 0 aromatic heterocycles. The van der Waals surface area contributed by atoms with Gasteiger partial charge in [-0.1, -0.05) is 20.3 Å². The highest BCUT2D eigenvalue weighted by Crippen LogP contribution is 2.65. The van der Waals surface area contributed by atoms with Crippen LogP contribution in [0.1, 0.15) is 66.2 Å². The van der Waals surface area contributed by atoms with E-state index in [4.69, 9.17) is 4.74 Å². The number of ether oxygens (including phenoxy) is 1. The Labute approximate surface area is 238 Å². The molecular formula is C28H40F3N5O5. The Hall–Kier alpha value is -2.88. The van der Waals surface area contributed by atoms with Gasteiger partial charge in [0.2, 0.25) is 23.6 Å². The van der Waals surface area contributed by atoms with Crippen LogP contribution in [0.25, 0.3) is 0 Å². The lowest BCUT2D eigenvalue weighted by Gasteiger charge is -2.44. The number of carbonyl (C=O) groups excluding carboxylic acids is 4. The number of likely N-dealkylation sites (tertiary alicyclic amines) is 1. The molecule has 3 N–H and O–H groups in total. The van der Waals surface area contributed by atoms with Crippen molar-refractivity contribution in [3.63, 3.8) is 0 Å². The molecule has 2 saturated carbocycles. The molecule has 4 amide bonds. The van der Waals surface area contributed by atoms with Gasteiger partial charge in [-0.15, -0.1) is 0 Å². The number of hydrogen-bond donors (Lipinski definition) is 3. The number of nitriles is 1. The minimum atomic E-state index is -4.77. The molecule has 6 atom stereocenters. The van der Waals surface area contributed by atoms with E-state index in [1.807, 2.05) is 19.9 Å². The summed E-state index contributed by atoms with van der Waals surface area (Å²) in [5.41, 5.74) is -4.23. The SMILES string of the molecule is COC(C)(C)[C@H](NC(=O)C1(C(F)(F)F)CCC1)C(=O)N1C[C@H]2[C@@H]([C@H]1C(=O)N[C@H](C#N)C[C@@H]1CCCNC1=O)C2(C)C. The number of amides is 4. The molecule has 10 nitrogen and oxygen atoms in total. The first kappa shape index (κ1) is 31.1. The smallest absolute Gasteiger partial charge is 0.376 e. The second kappa shape index (κ2) is 10.7. The van der Waals surface area contributed by atoms with Gasteiger partial charge in [0, 0.05) is 26.1 Å². The maximum absolute atomic E-state index is 14.0. The van der Waals surface area contributed by atoms with E-state index in [9.17, 15) is 37.6 Å². The summed E-state index contributed by atoms with van der Waals surface area (Å²) in [6.45, 7) is 7.67. The van der Waals surface area contributed by atoms with E-state index in [-0.39, 0.29) is 55.4 Å². The zero-order chi connectivity index (χ0) is 30.5. The lowest BCUT2D eigenvalue weighted by atomic mass is 9.67. The summed E-state index contributed by atoms with van der Waals surface area (Å²) in [6.07, 6.45) is -3.77. The van der Waals surface area contributed by atoms with Crippen molar-refractivity contribution < 1.29 is 37.1 Å². The van der Waals surface area contributed by atoms with Gasteiger partial charge in [-0.2, -0.15) is 18.4 Å². The minimum absolute atomic E-state index is 0.0398.